The minimum absolute atomic E-state index is 0.193. The van der Waals surface area contributed by atoms with Gasteiger partial charge in [-0.25, -0.2) is 0 Å². The molecule has 0 bridgehead atoms. The molecule has 2 aromatic rings. The van der Waals surface area contributed by atoms with Crippen molar-refractivity contribution in [2.24, 2.45) is 0 Å². The first-order chi connectivity index (χ1) is 9.04. The van der Waals surface area contributed by atoms with Crippen LogP contribution in [-0.2, 0) is 0 Å². The summed E-state index contributed by atoms with van der Waals surface area (Å²) >= 11 is 0. The predicted molar refractivity (Wildman–Crippen MR) is 81.1 cm³/mol. The predicted octanol–water partition coefficient (Wildman–Crippen LogP) is 4.11. The molecular formula is C16H20N2O. The Hall–Kier alpha value is -2.16. The maximum Gasteiger partial charge on any atom is 0.119 e. The van der Waals surface area contributed by atoms with E-state index < -0.39 is 0 Å². The second-order valence-corrected chi connectivity index (χ2v) is 4.89. The van der Waals surface area contributed by atoms with Gasteiger partial charge in [-0.1, -0.05) is 0 Å². The van der Waals surface area contributed by atoms with Gasteiger partial charge in [-0.3, -0.25) is 0 Å². The van der Waals surface area contributed by atoms with Crippen molar-refractivity contribution in [1.29, 1.82) is 0 Å². The van der Waals surface area contributed by atoms with E-state index in [2.05, 4.69) is 5.32 Å². The zero-order chi connectivity index (χ0) is 13.8. The Kier molecular flexibility index (Phi) is 3.95. The summed E-state index contributed by atoms with van der Waals surface area (Å²) in [5.74, 6) is 0.883. The fraction of sp³-hybridized carbons (Fsp3) is 0.250. The minimum atomic E-state index is 0.193. The summed E-state index contributed by atoms with van der Waals surface area (Å²) in [5.41, 5.74) is 9.75. The lowest BCUT2D eigenvalue weighted by molar-refractivity contribution is 0.242. The quantitative estimate of drug-likeness (QED) is 0.809. The lowest BCUT2D eigenvalue weighted by Crippen LogP contribution is -2.05. The highest BCUT2D eigenvalue weighted by molar-refractivity contribution is 5.64. The van der Waals surface area contributed by atoms with Gasteiger partial charge in [-0.2, -0.15) is 0 Å². The van der Waals surface area contributed by atoms with Crippen LogP contribution in [0.15, 0.2) is 42.5 Å². The number of nitrogens with one attached hydrogen (secondary N) is 1. The number of nitrogens with two attached hydrogens (primary N) is 1. The molecule has 0 unspecified atom stereocenters. The SMILES string of the molecule is Cc1cc(Nc2ccc(OC(C)C)cc2)ccc1N. The molecule has 3 nitrogen and oxygen atoms in total. The molecule has 0 saturated carbocycles. The molecule has 0 radical (unpaired) electrons. The second-order valence-electron chi connectivity index (χ2n) is 4.89. The monoisotopic (exact) mass is 256 g/mol. The molecule has 3 heteroatoms. The van der Waals surface area contributed by atoms with Crippen molar-refractivity contribution in [2.45, 2.75) is 26.9 Å². The van der Waals surface area contributed by atoms with Gasteiger partial charge in [0.05, 0.1) is 6.10 Å². The lowest BCUT2D eigenvalue weighted by atomic mass is 10.2. The summed E-state index contributed by atoms with van der Waals surface area (Å²) in [6.07, 6.45) is 0.193. The van der Waals surface area contributed by atoms with E-state index in [0.717, 1.165) is 28.4 Å². The van der Waals surface area contributed by atoms with Gasteiger partial charge in [-0.05, 0) is 68.8 Å². The first-order valence-electron chi connectivity index (χ1n) is 6.44. The van der Waals surface area contributed by atoms with E-state index in [1.165, 1.54) is 0 Å². The highest BCUT2D eigenvalue weighted by Gasteiger charge is 2.00. The van der Waals surface area contributed by atoms with Crippen molar-refractivity contribution in [3.63, 3.8) is 0 Å². The maximum absolute atomic E-state index is 5.80. The Morgan fingerprint density at radius 1 is 1.00 bits per heavy atom. The van der Waals surface area contributed by atoms with E-state index in [1.807, 2.05) is 63.2 Å². The lowest BCUT2D eigenvalue weighted by Gasteiger charge is -2.11. The van der Waals surface area contributed by atoms with E-state index in [4.69, 9.17) is 10.5 Å². The van der Waals surface area contributed by atoms with Crippen molar-refractivity contribution < 1.29 is 4.74 Å². The molecule has 0 heterocycles. The Balaban J connectivity index is 2.08. The van der Waals surface area contributed by atoms with Gasteiger partial charge in [-0.15, -0.1) is 0 Å². The van der Waals surface area contributed by atoms with E-state index in [0.29, 0.717) is 0 Å². The van der Waals surface area contributed by atoms with Crippen molar-refractivity contribution in [1.82, 2.24) is 0 Å². The third-order valence-corrected chi connectivity index (χ3v) is 2.78. The third kappa shape index (κ3) is 3.65. The molecule has 0 spiro atoms. The number of anilines is 3. The number of hydrogen-bond donors (Lipinski definition) is 2. The summed E-state index contributed by atoms with van der Waals surface area (Å²) in [4.78, 5) is 0. The molecule has 0 aliphatic carbocycles. The molecule has 0 fully saturated rings. The van der Waals surface area contributed by atoms with Gasteiger partial charge in [0.25, 0.3) is 0 Å². The molecule has 3 N–H and O–H groups in total. The number of aryl methyl sites for hydroxylation is 1. The molecular weight excluding hydrogens is 236 g/mol. The summed E-state index contributed by atoms with van der Waals surface area (Å²) in [7, 11) is 0. The van der Waals surface area contributed by atoms with E-state index in [1.54, 1.807) is 0 Å². The van der Waals surface area contributed by atoms with E-state index in [9.17, 15) is 0 Å². The zero-order valence-corrected chi connectivity index (χ0v) is 11.6. The van der Waals surface area contributed by atoms with Crippen LogP contribution in [0.25, 0.3) is 0 Å². The average Bonchev–Trinajstić information content (AvgIpc) is 2.36. The molecule has 0 aliphatic rings. The normalized spacial score (nSPS) is 10.5. The highest BCUT2D eigenvalue weighted by atomic mass is 16.5. The van der Waals surface area contributed by atoms with Crippen LogP contribution in [0.1, 0.15) is 19.4 Å². The van der Waals surface area contributed by atoms with Crippen LogP contribution >= 0.6 is 0 Å². The van der Waals surface area contributed by atoms with Gasteiger partial charge in [0.2, 0.25) is 0 Å². The number of nitrogen functional groups attached to an aromatic ring is 1. The largest absolute Gasteiger partial charge is 0.491 e. The summed E-state index contributed by atoms with van der Waals surface area (Å²) in [5, 5.41) is 3.34. The van der Waals surface area contributed by atoms with E-state index in [-0.39, 0.29) is 6.10 Å². The van der Waals surface area contributed by atoms with Gasteiger partial charge in [0.1, 0.15) is 5.75 Å². The third-order valence-electron chi connectivity index (χ3n) is 2.78. The van der Waals surface area contributed by atoms with Crippen molar-refractivity contribution >= 4 is 17.1 Å². The first kappa shape index (κ1) is 13.3. The van der Waals surface area contributed by atoms with Crippen LogP contribution in [0.4, 0.5) is 17.1 Å². The molecule has 0 aromatic heterocycles. The van der Waals surface area contributed by atoms with Crippen LogP contribution in [0, 0.1) is 6.92 Å². The minimum Gasteiger partial charge on any atom is -0.491 e. The number of rotatable bonds is 4. The van der Waals surface area contributed by atoms with Crippen LogP contribution < -0.4 is 15.8 Å². The van der Waals surface area contributed by atoms with Crippen molar-refractivity contribution in [3.8, 4) is 5.75 Å². The second kappa shape index (κ2) is 5.65. The molecule has 100 valence electrons. The Bertz CT molecular complexity index is 547. The molecule has 0 saturated heterocycles. The van der Waals surface area contributed by atoms with Gasteiger partial charge >= 0.3 is 0 Å². The number of benzene rings is 2. The molecule has 0 amide bonds. The molecule has 19 heavy (non-hydrogen) atoms. The van der Waals surface area contributed by atoms with Crippen LogP contribution in [0.3, 0.4) is 0 Å². The smallest absolute Gasteiger partial charge is 0.119 e. The Morgan fingerprint density at radius 2 is 1.63 bits per heavy atom. The Labute approximate surface area is 114 Å². The Morgan fingerprint density at radius 3 is 2.21 bits per heavy atom. The van der Waals surface area contributed by atoms with Gasteiger partial charge in [0, 0.05) is 17.1 Å². The fourth-order valence-corrected chi connectivity index (χ4v) is 1.81. The number of ether oxygens (including phenoxy) is 1. The highest BCUT2D eigenvalue weighted by Crippen LogP contribution is 2.23. The topological polar surface area (TPSA) is 47.3 Å². The first-order valence-corrected chi connectivity index (χ1v) is 6.44. The summed E-state index contributed by atoms with van der Waals surface area (Å²) < 4.78 is 5.61. The van der Waals surface area contributed by atoms with Crippen molar-refractivity contribution in [2.75, 3.05) is 11.1 Å². The van der Waals surface area contributed by atoms with Crippen LogP contribution in [-0.4, -0.2) is 6.10 Å². The molecule has 0 aliphatic heterocycles. The summed E-state index contributed by atoms with van der Waals surface area (Å²) in [6, 6.07) is 13.9. The maximum atomic E-state index is 5.80. The zero-order valence-electron chi connectivity index (χ0n) is 11.6. The summed E-state index contributed by atoms with van der Waals surface area (Å²) in [6.45, 7) is 6.03. The van der Waals surface area contributed by atoms with Crippen LogP contribution in [0.2, 0.25) is 0 Å². The molecule has 2 rings (SSSR count). The van der Waals surface area contributed by atoms with Crippen LogP contribution in [0.5, 0.6) is 5.75 Å². The van der Waals surface area contributed by atoms with Gasteiger partial charge in [0.15, 0.2) is 0 Å². The average molecular weight is 256 g/mol. The van der Waals surface area contributed by atoms with Crippen molar-refractivity contribution in [3.05, 3.63) is 48.0 Å². The fourth-order valence-electron chi connectivity index (χ4n) is 1.81. The van der Waals surface area contributed by atoms with E-state index >= 15 is 0 Å². The molecule has 2 aromatic carbocycles. The van der Waals surface area contributed by atoms with Gasteiger partial charge < -0.3 is 15.8 Å². The standard InChI is InChI=1S/C16H20N2O/c1-11(2)19-15-7-4-13(5-8-15)18-14-6-9-16(17)12(3)10-14/h4-11,18H,17H2,1-3H3. The molecule has 0 atom stereocenters. The number of hydrogen-bond acceptors (Lipinski definition) is 3.